The van der Waals surface area contributed by atoms with Crippen LogP contribution in [0, 0.1) is 6.92 Å². The molecule has 7 heteroatoms. The normalized spacial score (nSPS) is 13.5. The third-order valence-corrected chi connectivity index (χ3v) is 7.61. The number of anilines is 2. The van der Waals surface area contributed by atoms with Crippen molar-refractivity contribution in [1.29, 1.82) is 0 Å². The summed E-state index contributed by atoms with van der Waals surface area (Å²) in [6.45, 7) is 2.66. The van der Waals surface area contributed by atoms with Crippen LogP contribution in [0.25, 0.3) is 0 Å². The lowest BCUT2D eigenvalue weighted by atomic mass is 10.0. The molecule has 0 bridgehead atoms. The Morgan fingerprint density at radius 3 is 2.45 bits per heavy atom. The van der Waals surface area contributed by atoms with E-state index in [2.05, 4.69) is 10.8 Å². The third-order valence-electron chi connectivity index (χ3n) is 5.21. The van der Waals surface area contributed by atoms with Crippen LogP contribution in [-0.2, 0) is 21.2 Å². The Morgan fingerprint density at radius 2 is 1.71 bits per heavy atom. The Labute approximate surface area is 187 Å². The zero-order valence-corrected chi connectivity index (χ0v) is 18.9. The molecule has 0 fully saturated rings. The fourth-order valence-electron chi connectivity index (χ4n) is 3.57. The van der Waals surface area contributed by atoms with Gasteiger partial charge in [0.05, 0.1) is 10.6 Å². The lowest BCUT2D eigenvalue weighted by Gasteiger charge is -2.29. The number of carbonyl (C=O) groups is 1. The molecule has 0 aromatic heterocycles. The lowest BCUT2D eigenvalue weighted by molar-refractivity contribution is -0.116. The molecule has 0 atom stereocenters. The number of carbonyl (C=O) groups excluding carboxylic acids is 1. The minimum absolute atomic E-state index is 0.0845. The van der Waals surface area contributed by atoms with Crippen molar-refractivity contribution in [2.45, 2.75) is 29.6 Å². The molecule has 0 saturated carbocycles. The topological polar surface area (TPSA) is 66.5 Å². The Hall–Kier alpha value is -2.77. The van der Waals surface area contributed by atoms with Crippen molar-refractivity contribution < 1.29 is 13.2 Å². The summed E-state index contributed by atoms with van der Waals surface area (Å²) >= 11 is 1.45. The summed E-state index contributed by atoms with van der Waals surface area (Å²) in [4.78, 5) is 15.8. The quantitative estimate of drug-likeness (QED) is 0.542. The molecule has 0 aliphatic carbocycles. The molecule has 3 aromatic rings. The molecule has 1 aliphatic rings. The van der Waals surface area contributed by atoms with Gasteiger partial charge in [0, 0.05) is 22.8 Å². The van der Waals surface area contributed by atoms with Crippen LogP contribution in [-0.4, -0.2) is 26.6 Å². The number of nitrogens with zero attached hydrogens (tertiary/aromatic N) is 1. The van der Waals surface area contributed by atoms with Gasteiger partial charge in [-0.1, -0.05) is 35.9 Å². The summed E-state index contributed by atoms with van der Waals surface area (Å²) in [6, 6.07) is 21.9. The van der Waals surface area contributed by atoms with E-state index in [-0.39, 0.29) is 10.8 Å². The number of sulfonamides is 1. The number of hydrogen-bond acceptors (Lipinski definition) is 4. The molecule has 1 amide bonds. The van der Waals surface area contributed by atoms with Gasteiger partial charge in [-0.05, 0) is 67.8 Å². The maximum Gasteiger partial charge on any atom is 0.261 e. The van der Waals surface area contributed by atoms with Gasteiger partial charge in [0.15, 0.2) is 0 Å². The zero-order chi connectivity index (χ0) is 21.8. The second kappa shape index (κ2) is 9.16. The van der Waals surface area contributed by atoms with Crippen molar-refractivity contribution in [2.24, 2.45) is 0 Å². The molecular weight excluding hydrogens is 428 g/mol. The number of para-hydroxylation sites is 1. The maximum absolute atomic E-state index is 12.8. The molecule has 3 aromatic carbocycles. The number of benzene rings is 3. The predicted molar refractivity (Wildman–Crippen MR) is 126 cm³/mol. The van der Waals surface area contributed by atoms with Crippen LogP contribution in [0.2, 0.25) is 0 Å². The number of rotatable bonds is 6. The van der Waals surface area contributed by atoms with E-state index in [1.165, 1.54) is 17.3 Å². The highest BCUT2D eigenvalue weighted by Crippen LogP contribution is 2.28. The molecular formula is C24H24N2O3S2. The molecule has 0 radical (unpaired) electrons. The number of hydrogen-bond donors (Lipinski definition) is 1. The average Bonchev–Trinajstić information content (AvgIpc) is 2.78. The molecule has 31 heavy (non-hydrogen) atoms. The van der Waals surface area contributed by atoms with Crippen molar-refractivity contribution in [2.75, 3.05) is 21.9 Å². The van der Waals surface area contributed by atoms with E-state index in [0.29, 0.717) is 11.4 Å². The van der Waals surface area contributed by atoms with Gasteiger partial charge in [0.25, 0.3) is 10.0 Å². The minimum atomic E-state index is -3.63. The highest BCUT2D eigenvalue weighted by molar-refractivity contribution is 8.00. The SMILES string of the molecule is Cc1ccc(S(=O)(=O)Nc2ccc(SCC(=O)N3CCCc4ccccc43)cc2)cc1. The van der Waals surface area contributed by atoms with E-state index < -0.39 is 10.0 Å². The first-order valence-corrected chi connectivity index (χ1v) is 12.6. The van der Waals surface area contributed by atoms with Gasteiger partial charge < -0.3 is 4.90 Å². The number of fused-ring (bicyclic) bond motifs is 1. The van der Waals surface area contributed by atoms with E-state index in [1.807, 2.05) is 42.2 Å². The molecule has 0 saturated heterocycles. The molecule has 0 unspecified atom stereocenters. The van der Waals surface area contributed by atoms with Crippen molar-refractivity contribution in [1.82, 2.24) is 0 Å². The number of aryl methyl sites for hydroxylation is 2. The van der Waals surface area contributed by atoms with Gasteiger partial charge in [-0.2, -0.15) is 0 Å². The summed E-state index contributed by atoms with van der Waals surface area (Å²) in [7, 11) is -3.63. The minimum Gasteiger partial charge on any atom is -0.311 e. The molecule has 1 aliphatic heterocycles. The van der Waals surface area contributed by atoms with Crippen molar-refractivity contribution in [3.05, 3.63) is 83.9 Å². The second-order valence-corrected chi connectivity index (χ2v) is 10.2. The fourth-order valence-corrected chi connectivity index (χ4v) is 5.40. The van der Waals surface area contributed by atoms with Gasteiger partial charge in [-0.15, -0.1) is 11.8 Å². The van der Waals surface area contributed by atoms with Gasteiger partial charge in [-0.25, -0.2) is 8.42 Å². The molecule has 1 N–H and O–H groups in total. The van der Waals surface area contributed by atoms with E-state index in [0.717, 1.165) is 35.5 Å². The first-order chi connectivity index (χ1) is 14.9. The summed E-state index contributed by atoms with van der Waals surface area (Å²) in [6.07, 6.45) is 1.98. The van der Waals surface area contributed by atoms with Crippen LogP contribution >= 0.6 is 11.8 Å². The van der Waals surface area contributed by atoms with E-state index >= 15 is 0 Å². The van der Waals surface area contributed by atoms with Crippen LogP contribution < -0.4 is 9.62 Å². The summed E-state index contributed by atoms with van der Waals surface area (Å²) in [5.41, 5.74) is 3.72. The smallest absolute Gasteiger partial charge is 0.261 e. The highest BCUT2D eigenvalue weighted by atomic mass is 32.2. The number of amides is 1. The van der Waals surface area contributed by atoms with Gasteiger partial charge in [0.2, 0.25) is 5.91 Å². The Kier molecular flexibility index (Phi) is 6.34. The largest absolute Gasteiger partial charge is 0.311 e. The first-order valence-electron chi connectivity index (χ1n) is 10.1. The molecule has 5 nitrogen and oxygen atoms in total. The first kappa shape index (κ1) is 21.5. The fraction of sp³-hybridized carbons (Fsp3) is 0.208. The van der Waals surface area contributed by atoms with Gasteiger partial charge in [-0.3, -0.25) is 9.52 Å². The van der Waals surface area contributed by atoms with Crippen LogP contribution in [0.15, 0.2) is 82.6 Å². The van der Waals surface area contributed by atoms with E-state index in [1.54, 1.807) is 36.4 Å². The Bertz CT molecular complexity index is 1170. The standard InChI is InChI=1S/C24H24N2O3S2/c1-18-8-14-22(15-9-18)31(28,29)25-20-10-12-21(13-11-20)30-17-24(27)26-16-4-6-19-5-2-3-7-23(19)26/h2-3,5,7-15,25H,4,6,16-17H2,1H3. The predicted octanol–water partition coefficient (Wildman–Crippen LogP) is 4.87. The molecule has 160 valence electrons. The summed E-state index contributed by atoms with van der Waals surface area (Å²) < 4.78 is 27.6. The maximum atomic E-state index is 12.8. The van der Waals surface area contributed by atoms with Gasteiger partial charge >= 0.3 is 0 Å². The molecule has 1 heterocycles. The van der Waals surface area contributed by atoms with Crippen molar-refractivity contribution >= 4 is 39.1 Å². The van der Waals surface area contributed by atoms with Gasteiger partial charge in [0.1, 0.15) is 0 Å². The monoisotopic (exact) mass is 452 g/mol. The lowest BCUT2D eigenvalue weighted by Crippen LogP contribution is -2.36. The van der Waals surface area contributed by atoms with E-state index in [4.69, 9.17) is 0 Å². The van der Waals surface area contributed by atoms with Crippen molar-refractivity contribution in [3.8, 4) is 0 Å². The summed E-state index contributed by atoms with van der Waals surface area (Å²) in [5.74, 6) is 0.421. The van der Waals surface area contributed by atoms with Crippen molar-refractivity contribution in [3.63, 3.8) is 0 Å². The Morgan fingerprint density at radius 1 is 1.00 bits per heavy atom. The number of thioether (sulfide) groups is 1. The van der Waals surface area contributed by atoms with Crippen LogP contribution in [0.4, 0.5) is 11.4 Å². The highest BCUT2D eigenvalue weighted by Gasteiger charge is 2.22. The van der Waals surface area contributed by atoms with Crippen LogP contribution in [0.1, 0.15) is 17.5 Å². The van der Waals surface area contributed by atoms with E-state index in [9.17, 15) is 13.2 Å². The molecule has 0 spiro atoms. The Balaban J connectivity index is 1.37. The zero-order valence-electron chi connectivity index (χ0n) is 17.2. The van der Waals surface area contributed by atoms with Crippen LogP contribution in [0.5, 0.6) is 0 Å². The number of nitrogens with one attached hydrogen (secondary N) is 1. The second-order valence-electron chi connectivity index (χ2n) is 7.51. The third kappa shape index (κ3) is 5.11. The van der Waals surface area contributed by atoms with Crippen LogP contribution in [0.3, 0.4) is 0 Å². The molecule has 4 rings (SSSR count). The average molecular weight is 453 g/mol. The summed E-state index contributed by atoms with van der Waals surface area (Å²) in [5, 5.41) is 0.